The first-order valence-electron chi connectivity index (χ1n) is 10.1. The first-order valence-corrected chi connectivity index (χ1v) is 10.1. The van der Waals surface area contributed by atoms with Crippen LogP contribution in [0.15, 0.2) is 77.2 Å². The monoisotopic (exact) mass is 418 g/mol. The summed E-state index contributed by atoms with van der Waals surface area (Å²) in [4.78, 5) is 19.0. The lowest BCUT2D eigenvalue weighted by Crippen LogP contribution is -2.03. The second-order valence-corrected chi connectivity index (χ2v) is 6.74. The third kappa shape index (κ3) is 7.54. The molecule has 2 heterocycles. The molecule has 7 nitrogen and oxygen atoms in total. The molecule has 0 bridgehead atoms. The van der Waals surface area contributed by atoms with Gasteiger partial charge in [-0.05, 0) is 49.6 Å². The molecular formula is C24H26N4O3. The van der Waals surface area contributed by atoms with E-state index in [-0.39, 0.29) is 0 Å². The van der Waals surface area contributed by atoms with Crippen molar-refractivity contribution in [2.45, 2.75) is 26.4 Å². The zero-order valence-corrected chi connectivity index (χ0v) is 17.8. The Kier molecular flexibility index (Phi) is 8.55. The van der Waals surface area contributed by atoms with Crippen molar-refractivity contribution in [1.82, 2.24) is 9.97 Å². The fourth-order valence-corrected chi connectivity index (χ4v) is 2.76. The number of nitrogens with zero attached hydrogens (tertiary/aromatic N) is 4. The number of hydrogen-bond acceptors (Lipinski definition) is 7. The van der Waals surface area contributed by atoms with Gasteiger partial charge in [-0.1, -0.05) is 46.7 Å². The smallest absolute Gasteiger partial charge is 0.138 e. The highest BCUT2D eigenvalue weighted by Gasteiger charge is 2.02. The Morgan fingerprint density at radius 2 is 1.90 bits per heavy atom. The van der Waals surface area contributed by atoms with Gasteiger partial charge in [0.15, 0.2) is 0 Å². The van der Waals surface area contributed by atoms with Crippen molar-refractivity contribution in [3.8, 4) is 5.75 Å². The quantitative estimate of drug-likeness (QED) is 0.262. The standard InChI is InChI=1S/C24H26N4O3/c1-19(28-29-2)24-12-6-10-21(27-24)11-7-15-31-26-16-22-13-14-23(17-25-22)30-18-20-8-4-3-5-9-20/h3-6,8-10,12-14,16-17H,7,11,15,18H2,1-2H3. The van der Waals surface area contributed by atoms with Gasteiger partial charge < -0.3 is 14.4 Å². The molecule has 0 saturated carbocycles. The summed E-state index contributed by atoms with van der Waals surface area (Å²) in [6.45, 7) is 2.87. The fraction of sp³-hybridized carbons (Fsp3) is 0.250. The van der Waals surface area contributed by atoms with E-state index in [1.807, 2.05) is 67.6 Å². The number of aryl methyl sites for hydroxylation is 1. The van der Waals surface area contributed by atoms with Crippen LogP contribution < -0.4 is 4.74 Å². The highest BCUT2D eigenvalue weighted by atomic mass is 16.6. The van der Waals surface area contributed by atoms with E-state index in [9.17, 15) is 0 Å². The second-order valence-electron chi connectivity index (χ2n) is 6.74. The Morgan fingerprint density at radius 1 is 1.03 bits per heavy atom. The number of oxime groups is 2. The minimum Gasteiger partial charge on any atom is -0.487 e. The zero-order valence-electron chi connectivity index (χ0n) is 17.8. The predicted octanol–water partition coefficient (Wildman–Crippen LogP) is 4.41. The predicted molar refractivity (Wildman–Crippen MR) is 120 cm³/mol. The van der Waals surface area contributed by atoms with Crippen LogP contribution in [0.25, 0.3) is 0 Å². The van der Waals surface area contributed by atoms with Crippen molar-refractivity contribution in [2.75, 3.05) is 13.7 Å². The molecule has 0 aliphatic carbocycles. The molecular weight excluding hydrogens is 392 g/mol. The van der Waals surface area contributed by atoms with Gasteiger partial charge in [0.2, 0.25) is 0 Å². The lowest BCUT2D eigenvalue weighted by molar-refractivity contribution is 0.143. The average Bonchev–Trinajstić information content (AvgIpc) is 2.82. The molecule has 31 heavy (non-hydrogen) atoms. The molecule has 3 aromatic rings. The number of benzene rings is 1. The van der Waals surface area contributed by atoms with Gasteiger partial charge in [-0.2, -0.15) is 0 Å². The van der Waals surface area contributed by atoms with Crippen molar-refractivity contribution in [2.24, 2.45) is 10.3 Å². The molecule has 0 atom stereocenters. The molecule has 0 saturated heterocycles. The van der Waals surface area contributed by atoms with Crippen LogP contribution in [0.1, 0.15) is 36.0 Å². The van der Waals surface area contributed by atoms with Crippen LogP contribution in [0.2, 0.25) is 0 Å². The number of ether oxygens (including phenoxy) is 1. The number of rotatable bonds is 11. The maximum absolute atomic E-state index is 5.72. The van der Waals surface area contributed by atoms with E-state index >= 15 is 0 Å². The van der Waals surface area contributed by atoms with E-state index in [1.54, 1.807) is 12.4 Å². The minimum atomic E-state index is 0.492. The summed E-state index contributed by atoms with van der Waals surface area (Å²) in [5.74, 6) is 0.711. The van der Waals surface area contributed by atoms with Crippen LogP contribution in [0.3, 0.4) is 0 Å². The molecule has 0 aliphatic heterocycles. The maximum Gasteiger partial charge on any atom is 0.138 e. The summed E-state index contributed by atoms with van der Waals surface area (Å²) in [6, 6.07) is 19.6. The first-order chi connectivity index (χ1) is 15.2. The lowest BCUT2D eigenvalue weighted by Gasteiger charge is -2.05. The van der Waals surface area contributed by atoms with Crippen molar-refractivity contribution < 1.29 is 14.4 Å². The van der Waals surface area contributed by atoms with Crippen molar-refractivity contribution in [3.63, 3.8) is 0 Å². The molecule has 3 rings (SSSR count). The second kappa shape index (κ2) is 12.1. The van der Waals surface area contributed by atoms with Gasteiger partial charge in [-0.25, -0.2) is 0 Å². The van der Waals surface area contributed by atoms with Crippen LogP contribution in [0.5, 0.6) is 5.75 Å². The summed E-state index contributed by atoms with van der Waals surface area (Å²) in [6.07, 6.45) is 4.85. The van der Waals surface area contributed by atoms with Crippen molar-refractivity contribution >= 4 is 11.9 Å². The number of aromatic nitrogens is 2. The Balaban J connectivity index is 1.37. The van der Waals surface area contributed by atoms with Crippen molar-refractivity contribution in [1.29, 1.82) is 0 Å². The SMILES string of the molecule is CON=C(C)c1cccc(CCCON=Cc2ccc(OCc3ccccc3)cn2)n1. The van der Waals surface area contributed by atoms with E-state index in [2.05, 4.69) is 20.3 Å². The largest absolute Gasteiger partial charge is 0.487 e. The van der Waals surface area contributed by atoms with Crippen molar-refractivity contribution in [3.05, 3.63) is 89.5 Å². The Hall–Kier alpha value is -3.74. The third-order valence-electron chi connectivity index (χ3n) is 4.34. The van der Waals surface area contributed by atoms with Gasteiger partial charge in [-0.3, -0.25) is 9.97 Å². The Labute approximate surface area is 182 Å². The summed E-state index contributed by atoms with van der Waals surface area (Å²) < 4.78 is 5.72. The number of pyridine rings is 2. The topological polar surface area (TPSA) is 78.2 Å². The van der Waals surface area contributed by atoms with E-state index in [4.69, 9.17) is 14.4 Å². The summed E-state index contributed by atoms with van der Waals surface area (Å²) >= 11 is 0. The summed E-state index contributed by atoms with van der Waals surface area (Å²) in [7, 11) is 1.52. The fourth-order valence-electron chi connectivity index (χ4n) is 2.76. The zero-order chi connectivity index (χ0) is 21.7. The van der Waals surface area contributed by atoms with Crippen LogP contribution in [0, 0.1) is 0 Å². The molecule has 1 aromatic carbocycles. The Bertz CT molecular complexity index is 989. The molecule has 2 aromatic heterocycles. The third-order valence-corrected chi connectivity index (χ3v) is 4.34. The van der Waals surface area contributed by atoms with E-state index in [1.165, 1.54) is 7.11 Å². The van der Waals surface area contributed by atoms with Crippen LogP contribution >= 0.6 is 0 Å². The van der Waals surface area contributed by atoms with E-state index < -0.39 is 0 Å². The van der Waals surface area contributed by atoms with Gasteiger partial charge in [0, 0.05) is 5.69 Å². The molecule has 0 radical (unpaired) electrons. The van der Waals surface area contributed by atoms with Crippen LogP contribution in [-0.2, 0) is 22.7 Å². The van der Waals surface area contributed by atoms with Gasteiger partial charge >= 0.3 is 0 Å². The van der Waals surface area contributed by atoms with Gasteiger partial charge in [-0.15, -0.1) is 0 Å². The summed E-state index contributed by atoms with van der Waals surface area (Å²) in [5.41, 5.74) is 4.34. The molecule has 0 spiro atoms. The highest BCUT2D eigenvalue weighted by Crippen LogP contribution is 2.11. The molecule has 7 heteroatoms. The molecule has 160 valence electrons. The van der Waals surface area contributed by atoms with E-state index in [0.29, 0.717) is 24.7 Å². The Morgan fingerprint density at radius 3 is 2.68 bits per heavy atom. The molecule has 0 N–H and O–H groups in total. The normalized spacial score (nSPS) is 11.5. The van der Waals surface area contributed by atoms with E-state index in [0.717, 1.165) is 35.5 Å². The summed E-state index contributed by atoms with van der Waals surface area (Å²) in [5, 5.41) is 7.89. The molecule has 0 unspecified atom stereocenters. The molecule has 0 amide bonds. The van der Waals surface area contributed by atoms with Gasteiger partial charge in [0.05, 0.1) is 23.8 Å². The maximum atomic E-state index is 5.72. The lowest BCUT2D eigenvalue weighted by atomic mass is 10.2. The molecule has 0 fully saturated rings. The van der Waals surface area contributed by atoms with Gasteiger partial charge in [0.1, 0.15) is 31.8 Å². The van der Waals surface area contributed by atoms with Gasteiger partial charge in [0.25, 0.3) is 0 Å². The van der Waals surface area contributed by atoms with Crippen LogP contribution in [-0.4, -0.2) is 35.6 Å². The first kappa shape index (κ1) is 22.0. The number of hydrogen-bond donors (Lipinski definition) is 0. The minimum absolute atomic E-state index is 0.492. The highest BCUT2D eigenvalue weighted by molar-refractivity contribution is 5.96. The van der Waals surface area contributed by atoms with Crippen LogP contribution in [0.4, 0.5) is 0 Å². The molecule has 0 aliphatic rings. The average molecular weight is 418 g/mol.